The Balaban J connectivity index is 1.96. The molecule has 1 unspecified atom stereocenters. The Kier molecular flexibility index (Phi) is 3.34. The SMILES string of the molecule is C=NCCC1=CC1CCCC. The number of allylic oxidation sites excluding steroid dienone is 1. The van der Waals surface area contributed by atoms with Crippen LogP contribution in [0.2, 0.25) is 0 Å². The van der Waals surface area contributed by atoms with E-state index in [9.17, 15) is 0 Å². The molecule has 11 heavy (non-hydrogen) atoms. The first-order chi connectivity index (χ1) is 5.38. The van der Waals surface area contributed by atoms with Crippen LogP contribution in [-0.2, 0) is 0 Å². The van der Waals surface area contributed by atoms with Gasteiger partial charge in [0.15, 0.2) is 0 Å². The molecule has 0 aromatic rings. The van der Waals surface area contributed by atoms with Gasteiger partial charge in [0.2, 0.25) is 0 Å². The molecule has 0 saturated carbocycles. The van der Waals surface area contributed by atoms with Crippen LogP contribution in [0.4, 0.5) is 0 Å². The molecule has 1 atom stereocenters. The first-order valence-electron chi connectivity index (χ1n) is 4.51. The zero-order chi connectivity index (χ0) is 8.10. The quantitative estimate of drug-likeness (QED) is 0.409. The minimum Gasteiger partial charge on any atom is -0.301 e. The molecule has 0 bridgehead atoms. The molecule has 0 radical (unpaired) electrons. The third-order valence-electron chi connectivity index (χ3n) is 2.21. The van der Waals surface area contributed by atoms with Crippen molar-refractivity contribution in [3.63, 3.8) is 0 Å². The van der Waals surface area contributed by atoms with Gasteiger partial charge in [0.1, 0.15) is 0 Å². The van der Waals surface area contributed by atoms with Gasteiger partial charge in [-0.15, -0.1) is 0 Å². The highest BCUT2D eigenvalue weighted by atomic mass is 14.7. The Labute approximate surface area is 69.2 Å². The van der Waals surface area contributed by atoms with Crippen molar-refractivity contribution in [1.29, 1.82) is 0 Å². The van der Waals surface area contributed by atoms with E-state index < -0.39 is 0 Å². The minimum atomic E-state index is 0.844. The maximum Gasteiger partial charge on any atom is 0.0419 e. The van der Waals surface area contributed by atoms with Gasteiger partial charge in [-0.1, -0.05) is 31.4 Å². The highest BCUT2D eigenvalue weighted by molar-refractivity contribution is 5.30. The predicted octanol–water partition coefficient (Wildman–Crippen LogP) is 2.82. The largest absolute Gasteiger partial charge is 0.301 e. The molecule has 0 aromatic heterocycles. The van der Waals surface area contributed by atoms with Gasteiger partial charge < -0.3 is 4.99 Å². The summed E-state index contributed by atoms with van der Waals surface area (Å²) in [5.74, 6) is 0.844. The first kappa shape index (κ1) is 8.51. The van der Waals surface area contributed by atoms with Crippen LogP contribution in [0.15, 0.2) is 16.6 Å². The molecule has 1 heteroatoms. The Morgan fingerprint density at radius 3 is 3.09 bits per heavy atom. The van der Waals surface area contributed by atoms with Crippen LogP contribution in [0.1, 0.15) is 32.6 Å². The van der Waals surface area contributed by atoms with E-state index in [-0.39, 0.29) is 0 Å². The third kappa shape index (κ3) is 2.87. The number of nitrogens with zero attached hydrogens (tertiary/aromatic N) is 1. The highest BCUT2D eigenvalue weighted by Crippen LogP contribution is 2.35. The van der Waals surface area contributed by atoms with Crippen LogP contribution in [0, 0.1) is 5.92 Å². The van der Waals surface area contributed by atoms with E-state index in [1.165, 1.54) is 19.3 Å². The average molecular weight is 151 g/mol. The lowest BCUT2D eigenvalue weighted by molar-refractivity contribution is 0.664. The number of aliphatic imine (C=N–C) groups is 1. The van der Waals surface area contributed by atoms with E-state index in [1.54, 1.807) is 5.57 Å². The molecular weight excluding hydrogens is 134 g/mol. The number of hydrogen-bond donors (Lipinski definition) is 0. The smallest absolute Gasteiger partial charge is 0.0419 e. The van der Waals surface area contributed by atoms with E-state index in [2.05, 4.69) is 24.7 Å². The Bertz CT molecular complexity index is 158. The summed E-state index contributed by atoms with van der Waals surface area (Å²) in [5, 5.41) is 0. The van der Waals surface area contributed by atoms with Crippen LogP contribution in [-0.4, -0.2) is 13.3 Å². The maximum absolute atomic E-state index is 3.84. The standard InChI is InChI=1S/C10H17N/c1-3-4-5-9-8-10(9)6-7-11-2/h8-9H,2-7H2,1H3. The van der Waals surface area contributed by atoms with Crippen LogP contribution in [0.3, 0.4) is 0 Å². The van der Waals surface area contributed by atoms with Crippen molar-refractivity contribution in [2.45, 2.75) is 32.6 Å². The summed E-state index contributed by atoms with van der Waals surface area (Å²) in [4.78, 5) is 3.84. The van der Waals surface area contributed by atoms with Crippen molar-refractivity contribution in [3.05, 3.63) is 11.6 Å². The molecule has 0 aromatic carbocycles. The first-order valence-corrected chi connectivity index (χ1v) is 4.51. The second kappa shape index (κ2) is 4.32. The molecule has 1 aliphatic rings. The van der Waals surface area contributed by atoms with Gasteiger partial charge in [0.05, 0.1) is 0 Å². The fraction of sp³-hybridized carbons (Fsp3) is 0.700. The van der Waals surface area contributed by atoms with E-state index in [4.69, 9.17) is 0 Å². The monoisotopic (exact) mass is 151 g/mol. The van der Waals surface area contributed by atoms with Crippen molar-refractivity contribution in [2.24, 2.45) is 10.9 Å². The molecule has 1 rings (SSSR count). The van der Waals surface area contributed by atoms with Crippen molar-refractivity contribution in [2.75, 3.05) is 6.54 Å². The Morgan fingerprint density at radius 2 is 2.45 bits per heavy atom. The number of rotatable bonds is 6. The summed E-state index contributed by atoms with van der Waals surface area (Å²) >= 11 is 0. The second-order valence-electron chi connectivity index (χ2n) is 3.19. The predicted molar refractivity (Wildman–Crippen MR) is 50.1 cm³/mol. The Morgan fingerprint density at radius 1 is 1.64 bits per heavy atom. The molecule has 0 heterocycles. The molecule has 0 N–H and O–H groups in total. The van der Waals surface area contributed by atoms with Gasteiger partial charge in [-0.05, 0) is 25.5 Å². The summed E-state index contributed by atoms with van der Waals surface area (Å²) in [5.41, 5.74) is 1.62. The molecular formula is C10H17N. The summed E-state index contributed by atoms with van der Waals surface area (Å²) < 4.78 is 0. The zero-order valence-corrected chi connectivity index (χ0v) is 7.34. The maximum atomic E-state index is 3.84. The second-order valence-corrected chi connectivity index (χ2v) is 3.19. The van der Waals surface area contributed by atoms with Crippen molar-refractivity contribution >= 4 is 6.72 Å². The van der Waals surface area contributed by atoms with Gasteiger partial charge in [-0.25, -0.2) is 0 Å². The van der Waals surface area contributed by atoms with E-state index in [0.29, 0.717) is 0 Å². The molecule has 0 aliphatic heterocycles. The van der Waals surface area contributed by atoms with Crippen LogP contribution in [0.25, 0.3) is 0 Å². The molecule has 62 valence electrons. The average Bonchev–Trinajstić information content (AvgIpc) is 2.76. The lowest BCUT2D eigenvalue weighted by Crippen LogP contribution is -1.84. The third-order valence-corrected chi connectivity index (χ3v) is 2.21. The van der Waals surface area contributed by atoms with Crippen LogP contribution in [0.5, 0.6) is 0 Å². The highest BCUT2D eigenvalue weighted by Gasteiger charge is 2.22. The molecule has 0 spiro atoms. The number of hydrogen-bond acceptors (Lipinski definition) is 1. The molecule has 1 nitrogen and oxygen atoms in total. The van der Waals surface area contributed by atoms with Crippen molar-refractivity contribution < 1.29 is 0 Å². The van der Waals surface area contributed by atoms with Crippen molar-refractivity contribution in [3.8, 4) is 0 Å². The minimum absolute atomic E-state index is 0.844. The van der Waals surface area contributed by atoms with Crippen molar-refractivity contribution in [1.82, 2.24) is 0 Å². The molecule has 0 fully saturated rings. The lowest BCUT2D eigenvalue weighted by Gasteiger charge is -1.96. The normalized spacial score (nSPS) is 21.2. The lowest BCUT2D eigenvalue weighted by atomic mass is 10.1. The van der Waals surface area contributed by atoms with Gasteiger partial charge >= 0.3 is 0 Å². The van der Waals surface area contributed by atoms with E-state index in [1.807, 2.05) is 0 Å². The van der Waals surface area contributed by atoms with Gasteiger partial charge in [-0.2, -0.15) is 0 Å². The van der Waals surface area contributed by atoms with Crippen LogP contribution >= 0.6 is 0 Å². The number of unbranched alkanes of at least 4 members (excludes halogenated alkanes) is 1. The van der Waals surface area contributed by atoms with Crippen LogP contribution < -0.4 is 0 Å². The van der Waals surface area contributed by atoms with E-state index in [0.717, 1.165) is 18.9 Å². The zero-order valence-electron chi connectivity index (χ0n) is 7.34. The summed E-state index contributed by atoms with van der Waals surface area (Å²) in [6.07, 6.45) is 7.57. The van der Waals surface area contributed by atoms with Gasteiger partial charge in [0, 0.05) is 6.54 Å². The molecule has 0 amide bonds. The fourth-order valence-electron chi connectivity index (χ4n) is 1.38. The fourth-order valence-corrected chi connectivity index (χ4v) is 1.38. The van der Waals surface area contributed by atoms with Gasteiger partial charge in [-0.3, -0.25) is 0 Å². The molecule has 0 saturated heterocycles. The van der Waals surface area contributed by atoms with Gasteiger partial charge in [0.25, 0.3) is 0 Å². The molecule has 1 aliphatic carbocycles. The summed E-state index contributed by atoms with van der Waals surface area (Å²) in [6.45, 7) is 6.62. The Hall–Kier alpha value is -0.590. The summed E-state index contributed by atoms with van der Waals surface area (Å²) in [7, 11) is 0. The van der Waals surface area contributed by atoms with E-state index >= 15 is 0 Å². The topological polar surface area (TPSA) is 12.4 Å². The summed E-state index contributed by atoms with van der Waals surface area (Å²) in [6, 6.07) is 0.